The van der Waals surface area contributed by atoms with Crippen LogP contribution < -0.4 is 11.2 Å². The first-order valence-electron chi connectivity index (χ1n) is 11.0. The molecule has 8 N–H and O–H groups in total. The third-order valence-corrected chi connectivity index (χ3v) is 10.3. The minimum atomic E-state index is -5.61. The average Bonchev–Trinajstić information content (AvgIpc) is 3.11. The van der Waals surface area contributed by atoms with E-state index in [9.17, 15) is 58.8 Å². The largest absolute Gasteiger partial charge is 0.483 e. The Morgan fingerprint density at radius 3 is 2.27 bits per heavy atom. The van der Waals surface area contributed by atoms with Gasteiger partial charge in [0, 0.05) is 24.9 Å². The van der Waals surface area contributed by atoms with E-state index in [0.717, 1.165) is 38.4 Å². The number of aromatic nitrogens is 2. The molecule has 0 spiro atoms. The zero-order valence-corrected chi connectivity index (χ0v) is 23.6. The van der Waals surface area contributed by atoms with E-state index in [-0.39, 0.29) is 10.9 Å². The van der Waals surface area contributed by atoms with Crippen LogP contribution in [-0.4, -0.2) is 111 Å². The highest BCUT2D eigenvalue weighted by Gasteiger charge is 2.49. The fourth-order valence-corrected chi connectivity index (χ4v) is 7.43. The lowest BCUT2D eigenvalue weighted by molar-refractivity contribution is -0.270. The Bertz CT molecular complexity index is 1260. The highest BCUT2D eigenvalue weighted by atomic mass is 33.1. The number of H-pyrrole nitrogens is 1. The van der Waals surface area contributed by atoms with Crippen LogP contribution in [0.1, 0.15) is 13.2 Å². The van der Waals surface area contributed by atoms with Crippen molar-refractivity contribution in [2.45, 2.75) is 62.2 Å². The monoisotopic (exact) mass is 656 g/mol. The molecule has 1 aromatic rings. The van der Waals surface area contributed by atoms with Gasteiger partial charge in [0.05, 0.1) is 12.7 Å². The van der Waals surface area contributed by atoms with Gasteiger partial charge in [0.25, 0.3) is 5.56 Å². The zero-order chi connectivity index (χ0) is 30.0. The van der Waals surface area contributed by atoms with Crippen molar-refractivity contribution in [2.24, 2.45) is 0 Å². The van der Waals surface area contributed by atoms with Crippen molar-refractivity contribution in [3.63, 3.8) is 0 Å². The van der Waals surface area contributed by atoms with Gasteiger partial charge in [0.1, 0.15) is 36.6 Å². The number of hydrogen-bond donors (Lipinski definition) is 8. The number of aliphatic hydroxyl groups is 5. The van der Waals surface area contributed by atoms with Crippen LogP contribution in [0.3, 0.4) is 0 Å². The second kappa shape index (κ2) is 13.6. The van der Waals surface area contributed by atoms with Crippen LogP contribution in [0.2, 0.25) is 0 Å². The summed E-state index contributed by atoms with van der Waals surface area (Å²) in [6.45, 7) is 0.240. The van der Waals surface area contributed by atoms with E-state index in [1.54, 1.807) is 0 Å². The first-order chi connectivity index (χ1) is 18.5. The fourth-order valence-electron chi connectivity index (χ4n) is 3.52. The molecule has 0 amide bonds. The summed E-state index contributed by atoms with van der Waals surface area (Å²) in [5, 5.41) is 50.2. The van der Waals surface area contributed by atoms with Gasteiger partial charge < -0.3 is 44.8 Å². The molecule has 19 nitrogen and oxygen atoms in total. The molecule has 3 heterocycles. The van der Waals surface area contributed by atoms with Crippen LogP contribution >= 0.6 is 37.2 Å². The normalized spacial score (nSPS) is 35.6. The molecule has 1 aromatic heterocycles. The van der Waals surface area contributed by atoms with E-state index in [4.69, 9.17) is 9.47 Å². The molecule has 2 aliphatic rings. The zero-order valence-electron chi connectivity index (χ0n) is 20.1. The molecule has 0 radical (unpaired) electrons. The summed E-state index contributed by atoms with van der Waals surface area (Å²) in [6.07, 6.45) is -14.9. The van der Waals surface area contributed by atoms with Crippen molar-refractivity contribution >= 4 is 42.3 Å². The first-order valence-corrected chi connectivity index (χ1v) is 16.3. The maximum atomic E-state index is 12.4. The second-order valence-corrected chi connectivity index (χ2v) is 13.9. The quantitative estimate of drug-likeness (QED) is 0.0877. The topological polar surface area (TPSA) is 294 Å². The number of carbonyl (C=O) groups is 1. The highest BCUT2D eigenvalue weighted by Crippen LogP contribution is 2.61. The Balaban J connectivity index is 1.60. The van der Waals surface area contributed by atoms with E-state index >= 15 is 0 Å². The smallest absolute Gasteiger partial charge is 0.388 e. The average molecular weight is 656 g/mol. The molecule has 23 heteroatoms. The molecule has 0 aliphatic carbocycles. The number of carbonyl (C=O) groups excluding carboxylic acids is 1. The van der Waals surface area contributed by atoms with Gasteiger partial charge in [-0.25, -0.2) is 13.9 Å². The first kappa shape index (κ1) is 33.5. The lowest BCUT2D eigenvalue weighted by Gasteiger charge is -2.40. The number of aromatic amines is 1. The minimum absolute atomic E-state index is 0.144. The van der Waals surface area contributed by atoms with Gasteiger partial charge >= 0.3 is 21.3 Å². The molecular weight excluding hydrogens is 630 g/mol. The van der Waals surface area contributed by atoms with Crippen molar-refractivity contribution < 1.29 is 72.1 Å². The van der Waals surface area contributed by atoms with Gasteiger partial charge in [-0.05, 0) is 10.8 Å². The Morgan fingerprint density at radius 1 is 1.00 bits per heavy atom. The summed E-state index contributed by atoms with van der Waals surface area (Å²) in [5.41, 5.74) is -1.75. The molecule has 0 saturated carbocycles. The lowest BCUT2D eigenvalue weighted by Crippen LogP contribution is -2.58. The van der Waals surface area contributed by atoms with E-state index in [0.29, 0.717) is 0 Å². The Hall–Kier alpha value is -0.970. The van der Waals surface area contributed by atoms with Crippen LogP contribution in [0.4, 0.5) is 0 Å². The second-order valence-electron chi connectivity index (χ2n) is 8.36. The van der Waals surface area contributed by atoms with Crippen molar-refractivity contribution in [2.75, 3.05) is 12.4 Å². The minimum Gasteiger partial charge on any atom is -0.388 e. The summed E-state index contributed by atoms with van der Waals surface area (Å²) in [5.74, 6) is -0.144. The van der Waals surface area contributed by atoms with Crippen molar-refractivity contribution in [3.8, 4) is 0 Å². The molecule has 0 aromatic carbocycles. The van der Waals surface area contributed by atoms with Crippen molar-refractivity contribution in [1.82, 2.24) is 9.55 Å². The van der Waals surface area contributed by atoms with Gasteiger partial charge in [-0.15, -0.1) is 0 Å². The number of ether oxygens (including phenoxy) is 2. The summed E-state index contributed by atoms with van der Waals surface area (Å²) >= 11 is 0. The summed E-state index contributed by atoms with van der Waals surface area (Å²) in [7, 11) is -9.42. The SMILES string of the molecule is CC(=O)SSCC1OC(OP(=O)(O)OP(=O)(O)OCC2OC(n3ccc(=O)[nH]c3=O)C(O)C2O)C(O)C(O)C1O. The number of phosphoric acid groups is 2. The number of aliphatic hydroxyl groups excluding tert-OH is 5. The summed E-state index contributed by atoms with van der Waals surface area (Å²) < 4.78 is 49.1. The molecular formula is C17H26N2O17P2S2. The van der Waals surface area contributed by atoms with E-state index in [2.05, 4.69) is 13.4 Å². The Kier molecular flexibility index (Phi) is 11.4. The van der Waals surface area contributed by atoms with Gasteiger partial charge in [0.15, 0.2) is 17.6 Å². The lowest BCUT2D eigenvalue weighted by atomic mass is 10.0. The number of rotatable bonds is 11. The van der Waals surface area contributed by atoms with E-state index < -0.39 is 88.7 Å². The van der Waals surface area contributed by atoms with Gasteiger partial charge in [-0.3, -0.25) is 28.2 Å². The predicted molar refractivity (Wildman–Crippen MR) is 132 cm³/mol. The molecule has 228 valence electrons. The molecule has 11 atom stereocenters. The van der Waals surface area contributed by atoms with E-state index in [1.807, 2.05) is 4.98 Å². The van der Waals surface area contributed by atoms with Crippen LogP contribution in [0.5, 0.6) is 0 Å². The summed E-state index contributed by atoms with van der Waals surface area (Å²) in [6, 6.07) is 0.932. The fraction of sp³-hybridized carbons (Fsp3) is 0.706. The van der Waals surface area contributed by atoms with Crippen LogP contribution in [-0.2, 0) is 36.8 Å². The molecule has 40 heavy (non-hydrogen) atoms. The molecule has 0 bridgehead atoms. The summed E-state index contributed by atoms with van der Waals surface area (Å²) in [4.78, 5) is 56.0. The van der Waals surface area contributed by atoms with Gasteiger partial charge in [0.2, 0.25) is 0 Å². The molecule has 2 aliphatic heterocycles. The van der Waals surface area contributed by atoms with Crippen LogP contribution in [0, 0.1) is 0 Å². The predicted octanol–water partition coefficient (Wildman–Crippen LogP) is -2.86. The van der Waals surface area contributed by atoms with E-state index in [1.165, 1.54) is 6.92 Å². The molecule has 11 unspecified atom stereocenters. The number of phosphoric ester groups is 2. The van der Waals surface area contributed by atoms with Gasteiger partial charge in [-0.2, -0.15) is 4.31 Å². The van der Waals surface area contributed by atoms with Crippen LogP contribution in [0.15, 0.2) is 21.9 Å². The third-order valence-electron chi connectivity index (χ3n) is 5.39. The standard InChI is InChI=1S/C17H26N2O17P2S2/c1-6(20)40-39-5-8-11(23)12(24)14(26)16(34-8)35-38(30,31)36-37(28,29)32-4-7-10(22)13(25)15(33-7)19-3-2-9(21)18-17(19)27/h2-3,7-8,10-16,22-26H,4-5H2,1H3,(H,28,29)(H,30,31)(H,18,21,27). The molecule has 3 rings (SSSR count). The highest BCUT2D eigenvalue weighted by molar-refractivity contribution is 8.82. The number of nitrogens with one attached hydrogen (secondary N) is 1. The van der Waals surface area contributed by atoms with Gasteiger partial charge in [-0.1, -0.05) is 10.8 Å². The van der Waals surface area contributed by atoms with Crippen molar-refractivity contribution in [3.05, 3.63) is 33.1 Å². The molecule has 2 fully saturated rings. The number of hydrogen-bond acceptors (Lipinski definition) is 17. The molecule has 2 saturated heterocycles. The maximum Gasteiger partial charge on any atom is 0.483 e. The maximum absolute atomic E-state index is 12.4. The Morgan fingerprint density at radius 2 is 1.65 bits per heavy atom. The van der Waals surface area contributed by atoms with Crippen LogP contribution in [0.25, 0.3) is 0 Å². The Labute approximate surface area is 231 Å². The third kappa shape index (κ3) is 8.54. The number of nitrogens with zero attached hydrogens (tertiary/aromatic N) is 1. The van der Waals surface area contributed by atoms with Crippen molar-refractivity contribution in [1.29, 1.82) is 0 Å².